The second-order valence-corrected chi connectivity index (χ2v) is 6.34. The molecule has 0 aliphatic carbocycles. The molecule has 0 fully saturated rings. The number of carbonyl (C=O) groups is 1. The Kier molecular flexibility index (Phi) is 4.86. The van der Waals surface area contributed by atoms with E-state index >= 15 is 0 Å². The lowest BCUT2D eigenvalue weighted by atomic mass is 10.1. The number of nitrogens with zero attached hydrogens (tertiary/aromatic N) is 1. The number of hydrogen-bond donors (Lipinski definition) is 3. The van der Waals surface area contributed by atoms with Crippen molar-refractivity contribution in [1.82, 2.24) is 4.98 Å². The first-order chi connectivity index (χ1) is 12.3. The first-order valence-electron chi connectivity index (χ1n) is 7.94. The summed E-state index contributed by atoms with van der Waals surface area (Å²) in [6.07, 6.45) is -0.0138. The van der Waals surface area contributed by atoms with Crippen LogP contribution < -0.4 is 10.1 Å². The van der Waals surface area contributed by atoms with Gasteiger partial charge in [-0.05, 0) is 44.2 Å². The van der Waals surface area contributed by atoms with Crippen molar-refractivity contribution in [2.75, 3.05) is 5.32 Å². The highest BCUT2D eigenvalue weighted by Crippen LogP contribution is 2.35. The predicted octanol–water partition coefficient (Wildman–Crippen LogP) is 4.34. The van der Waals surface area contributed by atoms with Crippen molar-refractivity contribution in [2.24, 2.45) is 0 Å². The molecule has 0 aliphatic heterocycles. The van der Waals surface area contributed by atoms with Crippen LogP contribution in [0.4, 0.5) is 5.69 Å². The molecule has 134 valence electrons. The van der Waals surface area contributed by atoms with E-state index in [-0.39, 0.29) is 28.5 Å². The molecule has 2 aromatic carbocycles. The van der Waals surface area contributed by atoms with Crippen LogP contribution in [0.2, 0.25) is 5.15 Å². The number of phenols is 1. The molecule has 3 aromatic rings. The fourth-order valence-electron chi connectivity index (χ4n) is 2.52. The molecular weight excluding hydrogens is 356 g/mol. The van der Waals surface area contributed by atoms with E-state index in [1.807, 2.05) is 13.8 Å². The molecule has 1 aromatic heterocycles. The number of hydrogen-bond acceptors (Lipinski definition) is 5. The molecule has 1 heterocycles. The van der Waals surface area contributed by atoms with E-state index in [2.05, 4.69) is 10.3 Å². The number of pyridine rings is 1. The molecule has 0 radical (unpaired) electrons. The number of benzene rings is 2. The summed E-state index contributed by atoms with van der Waals surface area (Å²) in [7, 11) is 0. The van der Waals surface area contributed by atoms with Gasteiger partial charge in [0.05, 0.1) is 6.10 Å². The number of rotatable bonds is 4. The van der Waals surface area contributed by atoms with Gasteiger partial charge in [0.2, 0.25) is 0 Å². The number of ether oxygens (including phenoxy) is 1. The van der Waals surface area contributed by atoms with Crippen molar-refractivity contribution >= 4 is 34.0 Å². The minimum Gasteiger partial charge on any atom is -0.508 e. The highest BCUT2D eigenvalue weighted by Gasteiger charge is 2.19. The van der Waals surface area contributed by atoms with Gasteiger partial charge in [0.15, 0.2) is 11.4 Å². The summed E-state index contributed by atoms with van der Waals surface area (Å²) in [6.45, 7) is 3.80. The quantitative estimate of drug-likeness (QED) is 0.592. The fourth-order valence-corrected chi connectivity index (χ4v) is 2.76. The average molecular weight is 373 g/mol. The van der Waals surface area contributed by atoms with Crippen molar-refractivity contribution < 1.29 is 19.7 Å². The summed E-state index contributed by atoms with van der Waals surface area (Å²) in [5, 5.41) is 23.5. The SMILES string of the molecule is CC(C)Oc1ccc2c(O)c(C(=O)Nc3cccc(O)c3)nc(Cl)c2c1. The topological polar surface area (TPSA) is 91.7 Å². The van der Waals surface area contributed by atoms with E-state index in [1.54, 1.807) is 30.3 Å². The van der Waals surface area contributed by atoms with Gasteiger partial charge in [-0.1, -0.05) is 17.7 Å². The number of aromatic hydroxyl groups is 2. The maximum atomic E-state index is 12.5. The van der Waals surface area contributed by atoms with E-state index < -0.39 is 5.91 Å². The fraction of sp³-hybridized carbons (Fsp3) is 0.158. The molecule has 0 atom stereocenters. The van der Waals surface area contributed by atoms with Gasteiger partial charge >= 0.3 is 0 Å². The van der Waals surface area contributed by atoms with Crippen molar-refractivity contribution in [1.29, 1.82) is 0 Å². The predicted molar refractivity (Wildman–Crippen MR) is 100 cm³/mol. The van der Waals surface area contributed by atoms with Gasteiger partial charge in [-0.15, -0.1) is 0 Å². The number of phenolic OH excluding ortho intramolecular Hbond substituents is 1. The Morgan fingerprint density at radius 3 is 2.62 bits per heavy atom. The molecular formula is C19H17ClN2O4. The monoisotopic (exact) mass is 372 g/mol. The minimum absolute atomic E-state index is 0.00852. The summed E-state index contributed by atoms with van der Waals surface area (Å²) in [4.78, 5) is 16.5. The average Bonchev–Trinajstić information content (AvgIpc) is 2.57. The van der Waals surface area contributed by atoms with Crippen molar-refractivity contribution in [2.45, 2.75) is 20.0 Å². The molecule has 3 N–H and O–H groups in total. The Labute approximate surface area is 155 Å². The van der Waals surface area contributed by atoms with Gasteiger partial charge in [0.25, 0.3) is 5.91 Å². The Balaban J connectivity index is 1.99. The maximum absolute atomic E-state index is 12.5. The van der Waals surface area contributed by atoms with Crippen LogP contribution in [-0.2, 0) is 0 Å². The normalized spacial score (nSPS) is 10.9. The van der Waals surface area contributed by atoms with Gasteiger partial charge in [0, 0.05) is 22.5 Å². The van der Waals surface area contributed by atoms with Crippen LogP contribution in [0.5, 0.6) is 17.2 Å². The summed E-state index contributed by atoms with van der Waals surface area (Å²) >= 11 is 6.22. The highest BCUT2D eigenvalue weighted by molar-refractivity contribution is 6.35. The maximum Gasteiger partial charge on any atom is 0.278 e. The summed E-state index contributed by atoms with van der Waals surface area (Å²) in [6, 6.07) is 11.0. The van der Waals surface area contributed by atoms with Gasteiger partial charge in [-0.25, -0.2) is 4.98 Å². The molecule has 3 rings (SSSR count). The zero-order valence-electron chi connectivity index (χ0n) is 14.2. The third kappa shape index (κ3) is 3.65. The highest BCUT2D eigenvalue weighted by atomic mass is 35.5. The molecule has 0 aliphatic rings. The number of anilines is 1. The molecule has 1 amide bonds. The van der Waals surface area contributed by atoms with Crippen molar-refractivity contribution in [3.63, 3.8) is 0 Å². The number of nitrogens with one attached hydrogen (secondary N) is 1. The third-order valence-corrected chi connectivity index (χ3v) is 3.88. The molecule has 0 bridgehead atoms. The smallest absolute Gasteiger partial charge is 0.278 e. The standard InChI is InChI=1S/C19H17ClN2O4/c1-10(2)26-13-6-7-14-15(9-13)18(20)22-16(17(14)24)19(25)21-11-4-3-5-12(23)8-11/h3-10,23-24H,1-2H3,(H,21,25). The Morgan fingerprint density at radius 1 is 1.15 bits per heavy atom. The lowest BCUT2D eigenvalue weighted by Crippen LogP contribution is -2.14. The van der Waals surface area contributed by atoms with E-state index in [0.29, 0.717) is 22.2 Å². The number of fused-ring (bicyclic) bond motifs is 1. The van der Waals surface area contributed by atoms with Gasteiger partial charge < -0.3 is 20.3 Å². The first kappa shape index (κ1) is 17.8. The van der Waals surface area contributed by atoms with Gasteiger partial charge in [0.1, 0.15) is 16.7 Å². The van der Waals surface area contributed by atoms with Crippen LogP contribution in [0, 0.1) is 0 Å². The number of aromatic nitrogens is 1. The van der Waals surface area contributed by atoms with Crippen LogP contribution in [0.25, 0.3) is 10.8 Å². The minimum atomic E-state index is -0.639. The third-order valence-electron chi connectivity index (χ3n) is 3.59. The van der Waals surface area contributed by atoms with Crippen LogP contribution in [0.3, 0.4) is 0 Å². The van der Waals surface area contributed by atoms with Crippen molar-refractivity contribution in [3.05, 3.63) is 53.3 Å². The zero-order valence-corrected chi connectivity index (χ0v) is 14.9. The van der Waals surface area contributed by atoms with E-state index in [1.165, 1.54) is 12.1 Å². The van der Waals surface area contributed by atoms with Crippen LogP contribution in [-0.4, -0.2) is 27.2 Å². The lowest BCUT2D eigenvalue weighted by Gasteiger charge is -2.13. The number of halogens is 1. The second kappa shape index (κ2) is 7.09. The van der Waals surface area contributed by atoms with E-state index in [4.69, 9.17) is 16.3 Å². The molecule has 0 unspecified atom stereocenters. The van der Waals surface area contributed by atoms with Gasteiger partial charge in [-0.3, -0.25) is 4.79 Å². The molecule has 6 nitrogen and oxygen atoms in total. The zero-order chi connectivity index (χ0) is 18.8. The molecule has 26 heavy (non-hydrogen) atoms. The molecule has 0 saturated heterocycles. The second-order valence-electron chi connectivity index (χ2n) is 5.98. The Bertz CT molecular complexity index is 989. The van der Waals surface area contributed by atoms with Crippen LogP contribution >= 0.6 is 11.6 Å². The van der Waals surface area contributed by atoms with Crippen LogP contribution in [0.1, 0.15) is 24.3 Å². The molecule has 0 spiro atoms. The van der Waals surface area contributed by atoms with Crippen molar-refractivity contribution in [3.8, 4) is 17.2 Å². The molecule has 7 heteroatoms. The van der Waals surface area contributed by atoms with Crippen LogP contribution in [0.15, 0.2) is 42.5 Å². The Morgan fingerprint density at radius 2 is 1.92 bits per heavy atom. The largest absolute Gasteiger partial charge is 0.508 e. The lowest BCUT2D eigenvalue weighted by molar-refractivity contribution is 0.102. The Hall–Kier alpha value is -2.99. The summed E-state index contributed by atoms with van der Waals surface area (Å²) < 4.78 is 5.61. The van der Waals surface area contributed by atoms with E-state index in [0.717, 1.165) is 0 Å². The summed E-state index contributed by atoms with van der Waals surface area (Å²) in [5.41, 5.74) is 0.163. The summed E-state index contributed by atoms with van der Waals surface area (Å²) in [5.74, 6) is -0.320. The van der Waals surface area contributed by atoms with Gasteiger partial charge in [-0.2, -0.15) is 0 Å². The number of amides is 1. The van der Waals surface area contributed by atoms with E-state index in [9.17, 15) is 15.0 Å². The first-order valence-corrected chi connectivity index (χ1v) is 8.32. The number of carbonyl (C=O) groups excluding carboxylic acids is 1. The molecule has 0 saturated carbocycles.